The van der Waals surface area contributed by atoms with Crippen molar-refractivity contribution in [1.82, 2.24) is 0 Å². The van der Waals surface area contributed by atoms with E-state index < -0.39 is 57.7 Å². The van der Waals surface area contributed by atoms with E-state index in [9.17, 15) is 30.4 Å². The van der Waals surface area contributed by atoms with Gasteiger partial charge >= 0.3 is 0 Å². The first kappa shape index (κ1) is 19.4. The zero-order valence-corrected chi connectivity index (χ0v) is 14.5. The van der Waals surface area contributed by atoms with Crippen molar-refractivity contribution in [3.8, 4) is 0 Å². The van der Waals surface area contributed by atoms with E-state index in [0.717, 1.165) is 12.1 Å². The lowest BCUT2D eigenvalue weighted by Crippen LogP contribution is -2.43. The van der Waals surface area contributed by atoms with Gasteiger partial charge in [0, 0.05) is 12.6 Å². The number of nitro groups is 2. The number of ether oxygens (including phenoxy) is 3. The van der Waals surface area contributed by atoms with Gasteiger partial charge in [-0.2, -0.15) is 0 Å². The highest BCUT2D eigenvalue weighted by Gasteiger charge is 2.55. The van der Waals surface area contributed by atoms with E-state index in [1.165, 1.54) is 6.07 Å². The molecule has 0 aromatic heterocycles. The number of fused-ring (bicyclic) bond motifs is 1. The maximum atomic E-state index is 11.1. The Bertz CT molecular complexity index is 756. The number of non-ortho nitro benzene ring substituents is 1. The van der Waals surface area contributed by atoms with E-state index in [1.54, 1.807) is 13.8 Å². The van der Waals surface area contributed by atoms with Crippen LogP contribution in [0.1, 0.15) is 13.8 Å². The molecule has 2 fully saturated rings. The van der Waals surface area contributed by atoms with Crippen molar-refractivity contribution >= 4 is 17.1 Å². The lowest BCUT2D eigenvalue weighted by atomic mass is 10.1. The molecule has 0 bridgehead atoms. The number of rotatable bonds is 6. The fourth-order valence-electron chi connectivity index (χ4n) is 3.10. The van der Waals surface area contributed by atoms with Crippen LogP contribution in [0.3, 0.4) is 0 Å². The van der Waals surface area contributed by atoms with Gasteiger partial charge in [0.15, 0.2) is 12.1 Å². The standard InChI is InChI=1S/C15H19N3O9/c1-15(2)26-13-11(20)12(25-14(13)27-15)10(19)6-16-8-4-3-7(17(21)22)5-9(8)18(23)24/h3-5,10-14,16,19-20H,6H2,1-2H3/t10?,11-,12+,13+,14+/m1/s1. The molecule has 12 nitrogen and oxygen atoms in total. The molecule has 1 aromatic carbocycles. The Kier molecular flexibility index (Phi) is 5.01. The fraction of sp³-hybridized carbons (Fsp3) is 0.600. The second kappa shape index (κ2) is 6.98. The zero-order chi connectivity index (χ0) is 19.9. The van der Waals surface area contributed by atoms with Gasteiger partial charge in [0.25, 0.3) is 11.4 Å². The largest absolute Gasteiger partial charge is 0.388 e. The van der Waals surface area contributed by atoms with Crippen molar-refractivity contribution < 1.29 is 34.3 Å². The predicted octanol–water partition coefficient (Wildman–Crippen LogP) is 0.513. The van der Waals surface area contributed by atoms with Crippen molar-refractivity contribution in [2.24, 2.45) is 0 Å². The van der Waals surface area contributed by atoms with Crippen LogP contribution in [0.15, 0.2) is 18.2 Å². The summed E-state index contributed by atoms with van der Waals surface area (Å²) in [6, 6.07) is 3.11. The number of anilines is 1. The Morgan fingerprint density at radius 1 is 1.26 bits per heavy atom. The summed E-state index contributed by atoms with van der Waals surface area (Å²) in [6.07, 6.45) is -5.01. The molecule has 0 radical (unpaired) electrons. The highest BCUT2D eigenvalue weighted by molar-refractivity contribution is 5.65. The summed E-state index contributed by atoms with van der Waals surface area (Å²) < 4.78 is 16.5. The summed E-state index contributed by atoms with van der Waals surface area (Å²) >= 11 is 0. The average molecular weight is 385 g/mol. The maximum Gasteiger partial charge on any atom is 0.299 e. The average Bonchev–Trinajstić information content (AvgIpc) is 3.05. The molecule has 2 aliphatic rings. The van der Waals surface area contributed by atoms with E-state index in [4.69, 9.17) is 14.2 Å². The molecule has 2 saturated heterocycles. The van der Waals surface area contributed by atoms with Crippen LogP contribution >= 0.6 is 0 Å². The van der Waals surface area contributed by atoms with Gasteiger partial charge in [-0.15, -0.1) is 0 Å². The van der Waals surface area contributed by atoms with Crippen LogP contribution in [0.25, 0.3) is 0 Å². The van der Waals surface area contributed by atoms with E-state index in [0.29, 0.717) is 0 Å². The first-order valence-corrected chi connectivity index (χ1v) is 8.13. The van der Waals surface area contributed by atoms with Gasteiger partial charge in [-0.05, 0) is 19.9 Å². The third kappa shape index (κ3) is 3.84. The SMILES string of the molecule is CC1(C)O[C@@H]2O[C@@H](C(O)CNc3ccc([N+](=O)[O-])cc3[N+](=O)[O-])[C@@H](O)[C@@H]2O1. The van der Waals surface area contributed by atoms with Gasteiger partial charge in [-0.25, -0.2) is 0 Å². The number of nitrogens with zero attached hydrogens (tertiary/aromatic N) is 2. The first-order valence-electron chi connectivity index (χ1n) is 8.13. The van der Waals surface area contributed by atoms with Gasteiger partial charge in [0.05, 0.1) is 15.9 Å². The topological polar surface area (TPSA) is 166 Å². The molecule has 2 aliphatic heterocycles. The fourth-order valence-corrected chi connectivity index (χ4v) is 3.10. The molecule has 1 unspecified atom stereocenters. The Balaban J connectivity index is 1.66. The van der Waals surface area contributed by atoms with Crippen molar-refractivity contribution in [1.29, 1.82) is 0 Å². The number of hydrogen-bond acceptors (Lipinski definition) is 10. The second-order valence-corrected chi connectivity index (χ2v) is 6.72. The van der Waals surface area contributed by atoms with Gasteiger partial charge in [0.2, 0.25) is 0 Å². The second-order valence-electron chi connectivity index (χ2n) is 6.72. The lowest BCUT2D eigenvalue weighted by molar-refractivity contribution is -0.393. The Labute approximate surface area is 152 Å². The molecule has 0 spiro atoms. The van der Waals surface area contributed by atoms with E-state index in [2.05, 4.69) is 5.32 Å². The lowest BCUT2D eigenvalue weighted by Gasteiger charge is -2.26. The van der Waals surface area contributed by atoms with Crippen LogP contribution in [0, 0.1) is 20.2 Å². The van der Waals surface area contributed by atoms with Crippen LogP contribution in [0.4, 0.5) is 17.1 Å². The molecule has 12 heteroatoms. The van der Waals surface area contributed by atoms with Crippen LogP contribution in [0.2, 0.25) is 0 Å². The Hall–Kier alpha value is -2.38. The van der Waals surface area contributed by atoms with Crippen molar-refractivity contribution in [2.45, 2.75) is 50.3 Å². The quantitative estimate of drug-likeness (QED) is 0.464. The number of nitro benzene ring substituents is 2. The molecule has 5 atom stereocenters. The van der Waals surface area contributed by atoms with Gasteiger partial charge in [-0.1, -0.05) is 0 Å². The minimum Gasteiger partial charge on any atom is -0.388 e. The predicted molar refractivity (Wildman–Crippen MR) is 89.0 cm³/mol. The van der Waals surface area contributed by atoms with Crippen LogP contribution in [0.5, 0.6) is 0 Å². The third-order valence-electron chi connectivity index (χ3n) is 4.32. The van der Waals surface area contributed by atoms with Crippen LogP contribution in [-0.4, -0.2) is 63.1 Å². The molecule has 2 heterocycles. The van der Waals surface area contributed by atoms with E-state index in [1.807, 2.05) is 0 Å². The maximum absolute atomic E-state index is 11.1. The first-order chi connectivity index (χ1) is 12.6. The van der Waals surface area contributed by atoms with Crippen molar-refractivity contribution in [3.05, 3.63) is 38.4 Å². The molecule has 27 heavy (non-hydrogen) atoms. The number of nitrogens with one attached hydrogen (secondary N) is 1. The molecular weight excluding hydrogens is 366 g/mol. The highest BCUT2D eigenvalue weighted by Crippen LogP contribution is 2.38. The summed E-state index contributed by atoms with van der Waals surface area (Å²) in [6.45, 7) is 3.13. The summed E-state index contributed by atoms with van der Waals surface area (Å²) in [5.74, 6) is -0.913. The number of hydrogen-bond donors (Lipinski definition) is 3. The summed E-state index contributed by atoms with van der Waals surface area (Å²) in [7, 11) is 0. The molecule has 148 valence electrons. The highest BCUT2D eigenvalue weighted by atomic mass is 16.8. The molecule has 0 saturated carbocycles. The molecule has 1 aromatic rings. The molecule has 3 N–H and O–H groups in total. The molecule has 0 aliphatic carbocycles. The van der Waals surface area contributed by atoms with Crippen LogP contribution in [-0.2, 0) is 14.2 Å². The number of aliphatic hydroxyl groups excluding tert-OH is 2. The number of aliphatic hydroxyl groups is 2. The number of benzene rings is 1. The normalized spacial score (nSPS) is 29.9. The Morgan fingerprint density at radius 3 is 2.56 bits per heavy atom. The van der Waals surface area contributed by atoms with Gasteiger partial charge in [0.1, 0.15) is 30.1 Å². The molecule has 3 rings (SSSR count). The summed E-state index contributed by atoms with van der Waals surface area (Å²) in [5, 5.41) is 45.1. The Morgan fingerprint density at radius 2 is 1.96 bits per heavy atom. The van der Waals surface area contributed by atoms with Gasteiger partial charge < -0.3 is 29.7 Å². The van der Waals surface area contributed by atoms with E-state index in [-0.39, 0.29) is 12.2 Å². The van der Waals surface area contributed by atoms with Crippen molar-refractivity contribution in [2.75, 3.05) is 11.9 Å². The van der Waals surface area contributed by atoms with Crippen LogP contribution < -0.4 is 5.32 Å². The van der Waals surface area contributed by atoms with Crippen molar-refractivity contribution in [3.63, 3.8) is 0 Å². The minimum atomic E-state index is -1.24. The third-order valence-corrected chi connectivity index (χ3v) is 4.32. The van der Waals surface area contributed by atoms with Gasteiger partial charge in [-0.3, -0.25) is 20.2 Å². The molecular formula is C15H19N3O9. The minimum absolute atomic E-state index is 0.00837. The monoisotopic (exact) mass is 385 g/mol. The summed E-state index contributed by atoms with van der Waals surface area (Å²) in [5.41, 5.74) is -0.937. The summed E-state index contributed by atoms with van der Waals surface area (Å²) in [4.78, 5) is 20.4. The van der Waals surface area contributed by atoms with E-state index >= 15 is 0 Å². The zero-order valence-electron chi connectivity index (χ0n) is 14.5. The smallest absolute Gasteiger partial charge is 0.299 e. The molecule has 0 amide bonds.